The summed E-state index contributed by atoms with van der Waals surface area (Å²) in [7, 11) is 0. The van der Waals surface area contributed by atoms with Crippen molar-refractivity contribution < 1.29 is 0 Å². The van der Waals surface area contributed by atoms with Gasteiger partial charge in [0.1, 0.15) is 0 Å². The monoisotopic (exact) mass is 267 g/mol. The summed E-state index contributed by atoms with van der Waals surface area (Å²) in [6.07, 6.45) is 2.54. The van der Waals surface area contributed by atoms with E-state index in [1.807, 2.05) is 11.3 Å². The third-order valence-corrected chi connectivity index (χ3v) is 5.03. The van der Waals surface area contributed by atoms with Crippen molar-refractivity contribution >= 4 is 11.3 Å². The summed E-state index contributed by atoms with van der Waals surface area (Å²) in [6.45, 7) is 12.3. The van der Waals surface area contributed by atoms with Crippen molar-refractivity contribution in [2.75, 3.05) is 19.6 Å². The molecular formula is C14H25N3S. The minimum atomic E-state index is 0.512. The van der Waals surface area contributed by atoms with Crippen LogP contribution in [0.4, 0.5) is 0 Å². The van der Waals surface area contributed by atoms with Gasteiger partial charge in [-0.1, -0.05) is 13.3 Å². The average Bonchev–Trinajstić information content (AvgIpc) is 2.68. The lowest BCUT2D eigenvalue weighted by Crippen LogP contribution is -2.51. The standard InChI is InChI=1S/C14H25N3S/c1-5-6-13-9-17(8-7-15-13)11(3)14-10(2)16-12(4)18-14/h11,13,15H,5-9H2,1-4H3. The molecule has 1 aliphatic heterocycles. The van der Waals surface area contributed by atoms with Gasteiger partial charge in [-0.15, -0.1) is 11.3 Å². The van der Waals surface area contributed by atoms with Gasteiger partial charge in [-0.3, -0.25) is 4.90 Å². The second kappa shape index (κ2) is 6.13. The Bertz CT molecular complexity index is 386. The molecule has 2 rings (SSSR count). The van der Waals surface area contributed by atoms with Gasteiger partial charge >= 0.3 is 0 Å². The highest BCUT2D eigenvalue weighted by molar-refractivity contribution is 7.11. The number of thiazole rings is 1. The smallest absolute Gasteiger partial charge is 0.0900 e. The number of nitrogens with one attached hydrogen (secondary N) is 1. The zero-order valence-corrected chi connectivity index (χ0v) is 12.8. The molecule has 1 aromatic heterocycles. The van der Waals surface area contributed by atoms with Crippen molar-refractivity contribution in [3.05, 3.63) is 15.6 Å². The highest BCUT2D eigenvalue weighted by Gasteiger charge is 2.25. The van der Waals surface area contributed by atoms with Crippen LogP contribution in [0.2, 0.25) is 0 Å². The summed E-state index contributed by atoms with van der Waals surface area (Å²) in [5.41, 5.74) is 1.22. The van der Waals surface area contributed by atoms with Gasteiger partial charge in [0.25, 0.3) is 0 Å². The van der Waals surface area contributed by atoms with E-state index in [0.29, 0.717) is 12.1 Å². The molecule has 0 radical (unpaired) electrons. The van der Waals surface area contributed by atoms with E-state index in [1.54, 1.807) is 0 Å². The average molecular weight is 267 g/mol. The Labute approximate surface area is 115 Å². The summed E-state index contributed by atoms with van der Waals surface area (Å²) in [4.78, 5) is 8.62. The third-order valence-electron chi connectivity index (χ3n) is 3.79. The lowest BCUT2D eigenvalue weighted by atomic mass is 10.1. The summed E-state index contributed by atoms with van der Waals surface area (Å²) in [5, 5.41) is 4.81. The fourth-order valence-electron chi connectivity index (χ4n) is 2.85. The fourth-order valence-corrected chi connectivity index (χ4v) is 3.86. The van der Waals surface area contributed by atoms with Crippen LogP contribution in [0.15, 0.2) is 0 Å². The molecule has 102 valence electrons. The predicted molar refractivity (Wildman–Crippen MR) is 78.3 cm³/mol. The molecule has 2 heterocycles. The molecule has 1 N–H and O–H groups in total. The largest absolute Gasteiger partial charge is 0.311 e. The molecule has 18 heavy (non-hydrogen) atoms. The zero-order valence-electron chi connectivity index (χ0n) is 12.0. The molecule has 0 aromatic carbocycles. The topological polar surface area (TPSA) is 28.2 Å². The van der Waals surface area contributed by atoms with E-state index in [4.69, 9.17) is 0 Å². The molecular weight excluding hydrogens is 242 g/mol. The van der Waals surface area contributed by atoms with Gasteiger partial charge in [0.15, 0.2) is 0 Å². The maximum absolute atomic E-state index is 4.56. The molecule has 0 saturated carbocycles. The molecule has 1 aliphatic rings. The lowest BCUT2D eigenvalue weighted by molar-refractivity contribution is 0.150. The second-order valence-corrected chi connectivity index (χ2v) is 6.53. The number of aryl methyl sites for hydroxylation is 2. The van der Waals surface area contributed by atoms with E-state index >= 15 is 0 Å². The summed E-state index contributed by atoms with van der Waals surface area (Å²) in [6, 6.07) is 1.18. The van der Waals surface area contributed by atoms with E-state index in [2.05, 4.69) is 42.9 Å². The van der Waals surface area contributed by atoms with Gasteiger partial charge in [-0.2, -0.15) is 0 Å². The van der Waals surface area contributed by atoms with Crippen molar-refractivity contribution in [3.63, 3.8) is 0 Å². The molecule has 0 bridgehead atoms. The van der Waals surface area contributed by atoms with Gasteiger partial charge < -0.3 is 5.32 Å². The van der Waals surface area contributed by atoms with Crippen molar-refractivity contribution in [2.24, 2.45) is 0 Å². The molecule has 2 unspecified atom stereocenters. The minimum Gasteiger partial charge on any atom is -0.311 e. The van der Waals surface area contributed by atoms with Crippen LogP contribution in [-0.2, 0) is 0 Å². The molecule has 0 spiro atoms. The molecule has 0 aliphatic carbocycles. The normalized spacial score (nSPS) is 23.2. The fraction of sp³-hybridized carbons (Fsp3) is 0.786. The second-order valence-electron chi connectivity index (χ2n) is 5.29. The Morgan fingerprint density at radius 2 is 2.28 bits per heavy atom. The highest BCUT2D eigenvalue weighted by Crippen LogP contribution is 2.29. The molecule has 1 saturated heterocycles. The van der Waals surface area contributed by atoms with Crippen LogP contribution in [-0.4, -0.2) is 35.6 Å². The Hall–Kier alpha value is -0.450. The molecule has 3 nitrogen and oxygen atoms in total. The Morgan fingerprint density at radius 3 is 2.89 bits per heavy atom. The van der Waals surface area contributed by atoms with E-state index in [-0.39, 0.29) is 0 Å². The number of piperazine rings is 1. The molecule has 0 amide bonds. The quantitative estimate of drug-likeness (QED) is 0.909. The van der Waals surface area contributed by atoms with Crippen molar-refractivity contribution in [3.8, 4) is 0 Å². The van der Waals surface area contributed by atoms with E-state index in [1.165, 1.54) is 35.0 Å². The van der Waals surface area contributed by atoms with Gasteiger partial charge in [0.05, 0.1) is 10.7 Å². The van der Waals surface area contributed by atoms with E-state index in [9.17, 15) is 0 Å². The number of hydrogen-bond donors (Lipinski definition) is 1. The van der Waals surface area contributed by atoms with Gasteiger partial charge in [-0.25, -0.2) is 4.98 Å². The number of aromatic nitrogens is 1. The summed E-state index contributed by atoms with van der Waals surface area (Å²) < 4.78 is 0. The van der Waals surface area contributed by atoms with Crippen LogP contribution in [0.25, 0.3) is 0 Å². The van der Waals surface area contributed by atoms with Gasteiger partial charge in [0, 0.05) is 36.6 Å². The number of hydrogen-bond acceptors (Lipinski definition) is 4. The van der Waals surface area contributed by atoms with Gasteiger partial charge in [0.2, 0.25) is 0 Å². The van der Waals surface area contributed by atoms with Crippen molar-refractivity contribution in [1.82, 2.24) is 15.2 Å². The van der Waals surface area contributed by atoms with E-state index in [0.717, 1.165) is 13.1 Å². The molecule has 1 fully saturated rings. The van der Waals surface area contributed by atoms with Crippen LogP contribution < -0.4 is 5.32 Å². The van der Waals surface area contributed by atoms with Crippen LogP contribution in [0.5, 0.6) is 0 Å². The maximum Gasteiger partial charge on any atom is 0.0900 e. The molecule has 1 aromatic rings. The maximum atomic E-state index is 4.56. The summed E-state index contributed by atoms with van der Waals surface area (Å²) in [5.74, 6) is 0. The first-order valence-corrected chi connectivity index (χ1v) is 7.84. The number of nitrogens with zero attached hydrogens (tertiary/aromatic N) is 2. The van der Waals surface area contributed by atoms with E-state index < -0.39 is 0 Å². The Balaban J connectivity index is 2.04. The Kier molecular flexibility index (Phi) is 4.76. The first-order chi connectivity index (χ1) is 8.61. The number of rotatable bonds is 4. The SMILES string of the molecule is CCCC1CN(C(C)c2sc(C)nc2C)CCN1. The van der Waals surface area contributed by atoms with Gasteiger partial charge in [-0.05, 0) is 27.2 Å². The van der Waals surface area contributed by atoms with Crippen molar-refractivity contribution in [1.29, 1.82) is 0 Å². The predicted octanol–water partition coefficient (Wildman–Crippen LogP) is 2.89. The Morgan fingerprint density at radius 1 is 1.50 bits per heavy atom. The first-order valence-electron chi connectivity index (χ1n) is 7.03. The van der Waals surface area contributed by atoms with Crippen LogP contribution in [0.1, 0.15) is 48.3 Å². The zero-order chi connectivity index (χ0) is 13.1. The lowest BCUT2D eigenvalue weighted by Gasteiger charge is -2.37. The highest BCUT2D eigenvalue weighted by atomic mass is 32.1. The molecule has 4 heteroatoms. The van der Waals surface area contributed by atoms with Crippen LogP contribution in [0.3, 0.4) is 0 Å². The van der Waals surface area contributed by atoms with Crippen molar-refractivity contribution in [2.45, 2.75) is 52.6 Å². The minimum absolute atomic E-state index is 0.512. The third kappa shape index (κ3) is 3.11. The first kappa shape index (κ1) is 14.0. The summed E-state index contributed by atoms with van der Waals surface area (Å²) >= 11 is 1.86. The molecule has 2 atom stereocenters. The van der Waals surface area contributed by atoms with Crippen LogP contribution >= 0.6 is 11.3 Å². The van der Waals surface area contributed by atoms with Crippen LogP contribution in [0, 0.1) is 13.8 Å².